The second-order valence-electron chi connectivity index (χ2n) is 4.41. The molecule has 5 heteroatoms. The highest BCUT2D eigenvalue weighted by atomic mass is 16.5. The smallest absolute Gasteiger partial charge is 0.342 e. The van der Waals surface area contributed by atoms with Crippen LogP contribution in [0, 0.1) is 11.8 Å². The first kappa shape index (κ1) is 16.3. The Labute approximate surface area is 120 Å². The van der Waals surface area contributed by atoms with Crippen LogP contribution in [-0.2, 0) is 11.3 Å². The maximum Gasteiger partial charge on any atom is 0.342 e. The van der Waals surface area contributed by atoms with Crippen molar-refractivity contribution in [2.75, 3.05) is 19.6 Å². The number of aromatic nitrogens is 2. The summed E-state index contributed by atoms with van der Waals surface area (Å²) in [7, 11) is 0. The average Bonchev–Trinajstić information content (AvgIpc) is 2.92. The van der Waals surface area contributed by atoms with E-state index in [0.717, 1.165) is 19.6 Å². The topological polar surface area (TPSA) is 47.4 Å². The third-order valence-electron chi connectivity index (χ3n) is 2.98. The molecule has 0 aromatic carbocycles. The predicted molar refractivity (Wildman–Crippen MR) is 78.3 cm³/mol. The van der Waals surface area contributed by atoms with E-state index in [1.54, 1.807) is 17.8 Å². The quantitative estimate of drug-likeness (QED) is 0.587. The number of carbonyl (C=O) groups excluding carboxylic acids is 1. The van der Waals surface area contributed by atoms with Gasteiger partial charge < -0.3 is 4.74 Å². The number of esters is 1. The third kappa shape index (κ3) is 5.06. The lowest BCUT2D eigenvalue weighted by Gasteiger charge is -2.13. The molecule has 0 amide bonds. The van der Waals surface area contributed by atoms with Crippen LogP contribution in [0.25, 0.3) is 0 Å². The Balaban J connectivity index is 2.47. The van der Waals surface area contributed by atoms with Crippen molar-refractivity contribution >= 4 is 5.97 Å². The first-order chi connectivity index (χ1) is 9.60. The van der Waals surface area contributed by atoms with Crippen molar-refractivity contribution in [3.8, 4) is 11.8 Å². The molecule has 0 spiro atoms. The number of carbonyl (C=O) groups is 1. The van der Waals surface area contributed by atoms with E-state index >= 15 is 0 Å². The monoisotopic (exact) mass is 277 g/mol. The molecule has 1 rings (SSSR count). The van der Waals surface area contributed by atoms with Gasteiger partial charge in [0.2, 0.25) is 0 Å². The molecule has 1 aromatic heterocycles. The largest absolute Gasteiger partial charge is 0.446 e. The van der Waals surface area contributed by atoms with Crippen LogP contribution in [0.4, 0.5) is 0 Å². The molecule has 0 fully saturated rings. The third-order valence-corrected chi connectivity index (χ3v) is 2.98. The highest BCUT2D eigenvalue weighted by Crippen LogP contribution is 2.03. The summed E-state index contributed by atoms with van der Waals surface area (Å²) >= 11 is 0. The molecule has 20 heavy (non-hydrogen) atoms. The lowest BCUT2D eigenvalue weighted by molar-refractivity contribution is 0.0438. The molecule has 0 aliphatic rings. The van der Waals surface area contributed by atoms with Gasteiger partial charge in [-0.2, -0.15) is 5.10 Å². The van der Waals surface area contributed by atoms with Gasteiger partial charge in [-0.3, -0.25) is 9.58 Å². The summed E-state index contributed by atoms with van der Waals surface area (Å²) < 4.78 is 6.95. The zero-order valence-electron chi connectivity index (χ0n) is 12.7. The van der Waals surface area contributed by atoms with Crippen molar-refractivity contribution in [1.82, 2.24) is 14.7 Å². The number of hydrogen-bond acceptors (Lipinski definition) is 4. The fraction of sp³-hybridized carbons (Fsp3) is 0.600. The first-order valence-corrected chi connectivity index (χ1v) is 7.04. The van der Waals surface area contributed by atoms with Crippen LogP contribution in [0.3, 0.4) is 0 Å². The van der Waals surface area contributed by atoms with E-state index in [0.29, 0.717) is 12.1 Å². The SMILES string of the molecule is CCN(CC)CC#C[C@@H](C)OC(=O)c1cnn(CC)c1. The van der Waals surface area contributed by atoms with E-state index < -0.39 is 6.10 Å². The number of aryl methyl sites for hydroxylation is 1. The number of rotatable bonds is 6. The van der Waals surface area contributed by atoms with Crippen molar-refractivity contribution in [1.29, 1.82) is 0 Å². The Morgan fingerprint density at radius 2 is 2.15 bits per heavy atom. The van der Waals surface area contributed by atoms with Crippen LogP contribution < -0.4 is 0 Å². The van der Waals surface area contributed by atoms with E-state index in [1.807, 2.05) is 6.92 Å². The number of ether oxygens (including phenoxy) is 1. The molecule has 0 saturated carbocycles. The molecular weight excluding hydrogens is 254 g/mol. The Morgan fingerprint density at radius 3 is 2.70 bits per heavy atom. The molecule has 0 aliphatic carbocycles. The summed E-state index contributed by atoms with van der Waals surface area (Å²) in [4.78, 5) is 14.0. The molecule has 110 valence electrons. The molecule has 1 heterocycles. The Hall–Kier alpha value is -1.80. The Kier molecular flexibility index (Phi) is 6.82. The fourth-order valence-corrected chi connectivity index (χ4v) is 1.65. The van der Waals surface area contributed by atoms with E-state index in [2.05, 4.69) is 35.7 Å². The lowest BCUT2D eigenvalue weighted by atomic mass is 10.3. The van der Waals surface area contributed by atoms with Crippen molar-refractivity contribution in [2.24, 2.45) is 0 Å². The summed E-state index contributed by atoms with van der Waals surface area (Å²) in [6, 6.07) is 0. The van der Waals surface area contributed by atoms with Crippen LogP contribution in [0.1, 0.15) is 38.1 Å². The molecule has 1 atom stereocenters. The summed E-state index contributed by atoms with van der Waals surface area (Å²) in [6.45, 7) is 11.3. The molecule has 0 saturated heterocycles. The number of nitrogens with zero attached hydrogens (tertiary/aromatic N) is 3. The second kappa shape index (κ2) is 8.39. The van der Waals surface area contributed by atoms with Crippen LogP contribution >= 0.6 is 0 Å². The van der Waals surface area contributed by atoms with Crippen molar-refractivity contribution in [3.05, 3.63) is 18.0 Å². The highest BCUT2D eigenvalue weighted by molar-refractivity contribution is 5.89. The zero-order valence-corrected chi connectivity index (χ0v) is 12.7. The van der Waals surface area contributed by atoms with Crippen LogP contribution in [0.5, 0.6) is 0 Å². The summed E-state index contributed by atoms with van der Waals surface area (Å²) in [5.74, 6) is 5.60. The lowest BCUT2D eigenvalue weighted by Crippen LogP contribution is -2.23. The minimum Gasteiger partial charge on any atom is -0.446 e. The van der Waals surface area contributed by atoms with Crippen LogP contribution in [0.15, 0.2) is 12.4 Å². The Bertz CT molecular complexity index is 481. The molecule has 0 bridgehead atoms. The van der Waals surface area contributed by atoms with Crippen molar-refractivity contribution < 1.29 is 9.53 Å². The normalized spacial score (nSPS) is 11.8. The zero-order chi connectivity index (χ0) is 15.0. The summed E-state index contributed by atoms with van der Waals surface area (Å²) in [5.41, 5.74) is 0.462. The van der Waals surface area contributed by atoms with Crippen molar-refractivity contribution in [3.63, 3.8) is 0 Å². The van der Waals surface area contributed by atoms with Crippen LogP contribution in [-0.4, -0.2) is 46.4 Å². The predicted octanol–water partition coefficient (Wildman–Crippen LogP) is 1.79. The van der Waals surface area contributed by atoms with Gasteiger partial charge in [-0.25, -0.2) is 4.79 Å². The van der Waals surface area contributed by atoms with Gasteiger partial charge in [0.05, 0.1) is 18.3 Å². The van der Waals surface area contributed by atoms with Gasteiger partial charge in [0.25, 0.3) is 0 Å². The minimum atomic E-state index is -0.414. The molecular formula is C15H23N3O2. The average molecular weight is 277 g/mol. The molecule has 0 unspecified atom stereocenters. The van der Waals surface area contributed by atoms with Crippen molar-refractivity contribution in [2.45, 2.75) is 40.3 Å². The van der Waals surface area contributed by atoms with Gasteiger partial charge in [0, 0.05) is 12.7 Å². The van der Waals surface area contributed by atoms with E-state index in [4.69, 9.17) is 4.74 Å². The standard InChI is InChI=1S/C15H23N3O2/c1-5-17(6-2)10-8-9-13(4)20-15(19)14-11-16-18(7-3)12-14/h11-13H,5-7,10H2,1-4H3/t13-/m1/s1. The highest BCUT2D eigenvalue weighted by Gasteiger charge is 2.12. The maximum absolute atomic E-state index is 11.8. The maximum atomic E-state index is 11.8. The molecule has 0 N–H and O–H groups in total. The molecule has 5 nitrogen and oxygen atoms in total. The second-order valence-corrected chi connectivity index (χ2v) is 4.41. The minimum absolute atomic E-state index is 0.380. The van der Waals surface area contributed by atoms with Gasteiger partial charge in [-0.05, 0) is 26.9 Å². The van der Waals surface area contributed by atoms with Crippen LogP contribution in [0.2, 0.25) is 0 Å². The van der Waals surface area contributed by atoms with Gasteiger partial charge in [-0.15, -0.1) is 0 Å². The van der Waals surface area contributed by atoms with Gasteiger partial charge >= 0.3 is 5.97 Å². The van der Waals surface area contributed by atoms with E-state index in [-0.39, 0.29) is 5.97 Å². The molecule has 1 aromatic rings. The van der Waals surface area contributed by atoms with Gasteiger partial charge in [0.1, 0.15) is 0 Å². The molecule has 0 radical (unpaired) electrons. The van der Waals surface area contributed by atoms with E-state index in [9.17, 15) is 4.79 Å². The van der Waals surface area contributed by atoms with E-state index in [1.165, 1.54) is 6.20 Å². The summed E-state index contributed by atoms with van der Waals surface area (Å²) in [5, 5.41) is 4.04. The molecule has 0 aliphatic heterocycles. The fourth-order valence-electron chi connectivity index (χ4n) is 1.65. The Morgan fingerprint density at radius 1 is 1.45 bits per heavy atom. The van der Waals surface area contributed by atoms with Gasteiger partial charge in [0.15, 0.2) is 6.10 Å². The first-order valence-electron chi connectivity index (χ1n) is 7.04. The number of hydrogen-bond donors (Lipinski definition) is 0. The summed E-state index contributed by atoms with van der Waals surface area (Å²) in [6.07, 6.45) is 2.78. The van der Waals surface area contributed by atoms with Gasteiger partial charge in [-0.1, -0.05) is 25.7 Å².